The number of aromatic nitrogens is 1. The predicted octanol–water partition coefficient (Wildman–Crippen LogP) is 6.13. The van der Waals surface area contributed by atoms with Crippen LogP contribution in [0.1, 0.15) is 60.7 Å². The lowest BCUT2D eigenvalue weighted by Gasteiger charge is -2.22. The molecular weight excluding hydrogens is 524 g/mol. The van der Waals surface area contributed by atoms with E-state index in [1.165, 1.54) is 6.21 Å². The van der Waals surface area contributed by atoms with Crippen molar-refractivity contribution in [2.24, 2.45) is 5.16 Å². The van der Waals surface area contributed by atoms with Gasteiger partial charge in [-0.25, -0.2) is 4.98 Å². The molecule has 3 heterocycles. The van der Waals surface area contributed by atoms with Crippen LogP contribution in [0.25, 0.3) is 22.2 Å². The number of hydrogen-bond donors (Lipinski definition) is 2. The third-order valence-corrected chi connectivity index (χ3v) is 7.35. The summed E-state index contributed by atoms with van der Waals surface area (Å²) in [7, 11) is -1.20. The van der Waals surface area contributed by atoms with Crippen molar-refractivity contribution in [3.8, 4) is 11.3 Å². The van der Waals surface area contributed by atoms with Gasteiger partial charge in [0.05, 0.1) is 34.0 Å². The van der Waals surface area contributed by atoms with E-state index in [9.17, 15) is 9.82 Å². The summed E-state index contributed by atoms with van der Waals surface area (Å²) in [5.41, 5.74) is 5.87. The van der Waals surface area contributed by atoms with Gasteiger partial charge >= 0.3 is 7.12 Å². The highest BCUT2D eigenvalue weighted by atomic mass is 35.5. The SMILES string of the molecule is Cc1cc([C@H](C)Nc2ccc(Cl)nc2-c2ccc3c(c2Cl)C=NOB3O)c2oc(C(C)C)c(C)c(=O)c2c1. The number of rotatable bonds is 5. The summed E-state index contributed by atoms with van der Waals surface area (Å²) in [5, 5.41) is 18.6. The van der Waals surface area contributed by atoms with Crippen molar-refractivity contribution in [2.75, 3.05) is 5.32 Å². The molecule has 1 atom stereocenters. The van der Waals surface area contributed by atoms with Gasteiger partial charge in [-0.3, -0.25) is 4.79 Å². The van der Waals surface area contributed by atoms with Crippen molar-refractivity contribution >= 4 is 58.7 Å². The second-order valence-corrected chi connectivity index (χ2v) is 10.6. The molecule has 0 amide bonds. The van der Waals surface area contributed by atoms with E-state index in [0.29, 0.717) is 60.4 Å². The summed E-state index contributed by atoms with van der Waals surface area (Å²) in [6.07, 6.45) is 1.46. The number of pyridine rings is 1. The number of aryl methyl sites for hydroxylation is 1. The van der Waals surface area contributed by atoms with Crippen LogP contribution < -0.4 is 16.2 Å². The number of anilines is 1. The summed E-state index contributed by atoms with van der Waals surface area (Å²) < 4.78 is 11.3. The van der Waals surface area contributed by atoms with E-state index in [4.69, 9.17) is 32.4 Å². The van der Waals surface area contributed by atoms with Crippen LogP contribution in [0.3, 0.4) is 0 Å². The monoisotopic (exact) mass is 549 g/mol. The number of oxime groups is 1. The largest absolute Gasteiger partial charge is 0.583 e. The van der Waals surface area contributed by atoms with Gasteiger partial charge in [0.2, 0.25) is 0 Å². The number of halogens is 2. The van der Waals surface area contributed by atoms with Gasteiger partial charge in [0.1, 0.15) is 16.5 Å². The van der Waals surface area contributed by atoms with Gasteiger partial charge in [-0.15, -0.1) is 5.16 Å². The molecule has 5 rings (SSSR count). The van der Waals surface area contributed by atoms with Crippen LogP contribution >= 0.6 is 23.2 Å². The van der Waals surface area contributed by atoms with Gasteiger partial charge in [-0.05, 0) is 44.5 Å². The minimum Gasteiger partial charge on any atom is -0.460 e. The van der Waals surface area contributed by atoms with Crippen LogP contribution in [-0.4, -0.2) is 23.3 Å². The van der Waals surface area contributed by atoms with Gasteiger partial charge in [0.25, 0.3) is 0 Å². The Morgan fingerprint density at radius 1 is 1.08 bits per heavy atom. The molecule has 0 spiro atoms. The standard InChI is InChI=1S/C28H26BCl2N3O4/c1-13(2)27-15(4)26(35)19-11-14(3)10-18(28(19)37-27)16(5)33-22-8-9-23(30)34-25(22)17-6-7-21-20(24(17)31)12-32-38-29(21)36/h6-13,16,33,36H,1-5H3/t16-/m0/s1. The van der Waals surface area contributed by atoms with Crippen LogP contribution in [0.5, 0.6) is 0 Å². The van der Waals surface area contributed by atoms with Gasteiger partial charge in [-0.2, -0.15) is 0 Å². The molecule has 2 aromatic heterocycles. The van der Waals surface area contributed by atoms with Crippen molar-refractivity contribution in [2.45, 2.75) is 46.6 Å². The van der Waals surface area contributed by atoms with Gasteiger partial charge in [0.15, 0.2) is 5.43 Å². The van der Waals surface area contributed by atoms with Gasteiger partial charge in [0, 0.05) is 33.6 Å². The third kappa shape index (κ3) is 4.57. The molecule has 2 aromatic carbocycles. The number of hydrogen-bond acceptors (Lipinski definition) is 7. The Bertz CT molecular complexity index is 1670. The lowest BCUT2D eigenvalue weighted by Crippen LogP contribution is -2.37. The topological polar surface area (TPSA) is 97.0 Å². The first-order valence-corrected chi connectivity index (χ1v) is 13.0. The second-order valence-electron chi connectivity index (χ2n) is 9.82. The molecule has 7 nitrogen and oxygen atoms in total. The van der Waals surface area contributed by atoms with Crippen LogP contribution in [0.2, 0.25) is 10.2 Å². The fraction of sp³-hybridized carbons (Fsp3) is 0.250. The molecule has 2 N–H and O–H groups in total. The maximum absolute atomic E-state index is 13.2. The smallest absolute Gasteiger partial charge is 0.460 e. The van der Waals surface area contributed by atoms with Crippen LogP contribution in [0, 0.1) is 13.8 Å². The number of benzene rings is 2. The van der Waals surface area contributed by atoms with Crippen molar-refractivity contribution < 1.29 is 14.2 Å². The van der Waals surface area contributed by atoms with E-state index in [1.54, 1.807) is 18.2 Å². The molecule has 38 heavy (non-hydrogen) atoms. The third-order valence-electron chi connectivity index (χ3n) is 6.73. The summed E-state index contributed by atoms with van der Waals surface area (Å²) in [5.74, 6) is 0.748. The molecule has 1 aliphatic heterocycles. The minimum absolute atomic E-state index is 0.0189. The van der Waals surface area contributed by atoms with E-state index in [2.05, 4.69) is 15.5 Å². The summed E-state index contributed by atoms with van der Waals surface area (Å²) in [4.78, 5) is 17.8. The van der Waals surface area contributed by atoms with Crippen LogP contribution in [0.4, 0.5) is 5.69 Å². The molecule has 0 saturated heterocycles. The second kappa shape index (κ2) is 10.1. The maximum atomic E-state index is 13.2. The van der Waals surface area contributed by atoms with E-state index in [-0.39, 0.29) is 17.4 Å². The van der Waals surface area contributed by atoms with Crippen molar-refractivity contribution in [3.63, 3.8) is 0 Å². The molecule has 0 fully saturated rings. The molecule has 0 radical (unpaired) electrons. The first-order valence-electron chi connectivity index (χ1n) is 12.3. The molecule has 4 aromatic rings. The zero-order valence-electron chi connectivity index (χ0n) is 21.6. The summed E-state index contributed by atoms with van der Waals surface area (Å²) in [6.45, 7) is 9.79. The molecule has 0 saturated carbocycles. The average Bonchev–Trinajstić information content (AvgIpc) is 2.87. The molecule has 1 aliphatic rings. The van der Waals surface area contributed by atoms with E-state index in [0.717, 1.165) is 11.1 Å². The Morgan fingerprint density at radius 2 is 1.84 bits per heavy atom. The highest BCUT2D eigenvalue weighted by molar-refractivity contribution is 6.63. The molecule has 0 aliphatic carbocycles. The quantitative estimate of drug-likeness (QED) is 0.230. The van der Waals surface area contributed by atoms with Crippen molar-refractivity contribution in [1.82, 2.24) is 4.98 Å². The summed E-state index contributed by atoms with van der Waals surface area (Å²) in [6, 6.07) is 10.6. The Kier molecular flexibility index (Phi) is 6.98. The van der Waals surface area contributed by atoms with E-state index in [1.807, 2.05) is 52.8 Å². The highest BCUT2D eigenvalue weighted by Crippen LogP contribution is 2.37. The Labute approximate surface area is 230 Å². The summed E-state index contributed by atoms with van der Waals surface area (Å²) >= 11 is 13.1. The van der Waals surface area contributed by atoms with Crippen LogP contribution in [-0.2, 0) is 4.76 Å². The van der Waals surface area contributed by atoms with Gasteiger partial charge < -0.3 is 19.5 Å². The zero-order chi connectivity index (χ0) is 27.3. The van der Waals surface area contributed by atoms with Crippen molar-refractivity contribution in [1.29, 1.82) is 0 Å². The number of nitrogens with one attached hydrogen (secondary N) is 1. The Balaban J connectivity index is 1.62. The number of nitrogens with zero attached hydrogens (tertiary/aromatic N) is 2. The molecule has 0 bridgehead atoms. The number of fused-ring (bicyclic) bond motifs is 2. The molecule has 194 valence electrons. The van der Waals surface area contributed by atoms with Gasteiger partial charge in [-0.1, -0.05) is 55.2 Å². The normalized spacial score (nSPS) is 13.6. The highest BCUT2D eigenvalue weighted by Gasteiger charge is 2.29. The first kappa shape index (κ1) is 26.3. The van der Waals surface area contributed by atoms with E-state index < -0.39 is 7.12 Å². The Morgan fingerprint density at radius 3 is 2.58 bits per heavy atom. The minimum atomic E-state index is -1.20. The lowest BCUT2D eigenvalue weighted by atomic mass is 9.75. The predicted molar refractivity (Wildman–Crippen MR) is 154 cm³/mol. The first-order chi connectivity index (χ1) is 18.1. The maximum Gasteiger partial charge on any atom is 0.583 e. The average molecular weight is 550 g/mol. The zero-order valence-corrected chi connectivity index (χ0v) is 23.1. The fourth-order valence-electron chi connectivity index (χ4n) is 4.86. The molecular formula is C28H26BCl2N3O4. The lowest BCUT2D eigenvalue weighted by molar-refractivity contribution is 0.286. The van der Waals surface area contributed by atoms with Crippen LogP contribution in [0.15, 0.2) is 50.8 Å². The molecule has 0 unspecified atom stereocenters. The van der Waals surface area contributed by atoms with E-state index >= 15 is 0 Å². The Hall–Kier alpha value is -3.33. The van der Waals surface area contributed by atoms with Crippen molar-refractivity contribution in [3.05, 3.63) is 84.8 Å². The fourth-order valence-corrected chi connectivity index (χ4v) is 5.32. The molecule has 10 heteroatoms.